The van der Waals surface area contributed by atoms with Crippen molar-refractivity contribution >= 4 is 23.0 Å². The third-order valence-corrected chi connectivity index (χ3v) is 3.84. The third-order valence-electron chi connectivity index (χ3n) is 3.84. The smallest absolute Gasteiger partial charge is 0.332 e. The number of nitrogens with two attached hydrogens (primary N) is 1. The number of aromatic nitrogens is 4. The second-order valence-electron chi connectivity index (χ2n) is 4.83. The molecule has 1 aliphatic rings. The molecule has 5 N–H and O–H groups in total. The molecule has 1 saturated carbocycles. The fourth-order valence-electron chi connectivity index (χ4n) is 2.74. The maximum atomic E-state index is 11.7. The van der Waals surface area contributed by atoms with Crippen molar-refractivity contribution in [2.75, 3.05) is 5.73 Å². The summed E-state index contributed by atoms with van der Waals surface area (Å²) in [6.07, 6.45) is 0.137. The Hall–Kier alpha value is -2.26. The molecule has 0 aromatic carbocycles. The van der Waals surface area contributed by atoms with Gasteiger partial charge in [0.15, 0.2) is 17.0 Å². The van der Waals surface area contributed by atoms with Gasteiger partial charge in [-0.3, -0.25) is 4.57 Å². The molecule has 9 heteroatoms. The fraction of sp³-hybridized carbons (Fsp3) is 0.455. The minimum absolute atomic E-state index is 0.0695. The Morgan fingerprint density at radius 1 is 1.40 bits per heavy atom. The van der Waals surface area contributed by atoms with Gasteiger partial charge in [-0.2, -0.15) is 0 Å². The molecular formula is C11H13N5O4. The molecule has 1 fully saturated rings. The van der Waals surface area contributed by atoms with E-state index in [1.165, 1.54) is 17.2 Å². The number of hydrogen-bond acceptors (Lipinski definition) is 7. The van der Waals surface area contributed by atoms with Gasteiger partial charge in [0.1, 0.15) is 17.9 Å². The molecule has 0 spiro atoms. The number of aliphatic hydroxyl groups is 2. The molecule has 0 saturated heterocycles. The molecule has 2 heterocycles. The van der Waals surface area contributed by atoms with E-state index >= 15 is 0 Å². The fourth-order valence-corrected chi connectivity index (χ4v) is 2.74. The first-order chi connectivity index (χ1) is 9.48. The number of rotatable bonds is 2. The number of fused-ring (bicyclic) bond motifs is 1. The van der Waals surface area contributed by atoms with E-state index in [-0.39, 0.29) is 29.8 Å². The van der Waals surface area contributed by atoms with E-state index in [0.29, 0.717) is 0 Å². The van der Waals surface area contributed by atoms with Crippen molar-refractivity contribution < 1.29 is 20.1 Å². The molecule has 9 nitrogen and oxygen atoms in total. The summed E-state index contributed by atoms with van der Waals surface area (Å²) in [5.74, 6) is -1.12. The molecule has 0 amide bonds. The highest BCUT2D eigenvalue weighted by molar-refractivity contribution is 5.85. The van der Waals surface area contributed by atoms with E-state index in [2.05, 4.69) is 15.0 Å². The lowest BCUT2D eigenvalue weighted by Crippen LogP contribution is -2.50. The first-order valence-corrected chi connectivity index (χ1v) is 6.02. The van der Waals surface area contributed by atoms with Gasteiger partial charge in [0.05, 0.1) is 12.4 Å². The molecule has 3 atom stereocenters. The van der Waals surface area contributed by atoms with Crippen LogP contribution in [0.1, 0.15) is 12.8 Å². The number of hydrogen-bond donors (Lipinski definition) is 4. The zero-order valence-electron chi connectivity index (χ0n) is 10.3. The van der Waals surface area contributed by atoms with Crippen LogP contribution in [0.25, 0.3) is 11.2 Å². The van der Waals surface area contributed by atoms with Crippen LogP contribution in [-0.2, 0) is 10.3 Å². The summed E-state index contributed by atoms with van der Waals surface area (Å²) in [6.45, 7) is 0. The van der Waals surface area contributed by atoms with Gasteiger partial charge >= 0.3 is 5.97 Å². The number of imidazole rings is 1. The molecule has 3 rings (SSSR count). The summed E-state index contributed by atoms with van der Waals surface area (Å²) in [5, 5.41) is 29.4. The lowest BCUT2D eigenvalue weighted by Gasteiger charge is -2.30. The molecular weight excluding hydrogens is 266 g/mol. The van der Waals surface area contributed by atoms with Crippen LogP contribution in [0.5, 0.6) is 0 Å². The summed E-state index contributed by atoms with van der Waals surface area (Å²) in [5.41, 5.74) is 4.44. The Morgan fingerprint density at radius 2 is 2.15 bits per heavy atom. The van der Waals surface area contributed by atoms with Crippen LogP contribution in [0.4, 0.5) is 5.82 Å². The number of carboxylic acid groups (broad SMARTS) is 1. The summed E-state index contributed by atoms with van der Waals surface area (Å²) in [6, 6.07) is 0. The monoisotopic (exact) mass is 279 g/mol. The number of aliphatic carboxylic acids is 1. The van der Waals surface area contributed by atoms with Crippen LogP contribution in [-0.4, -0.2) is 53.0 Å². The van der Waals surface area contributed by atoms with E-state index in [1.54, 1.807) is 0 Å². The van der Waals surface area contributed by atoms with Crippen LogP contribution in [0.2, 0.25) is 0 Å². The molecule has 3 unspecified atom stereocenters. The average molecular weight is 279 g/mol. The largest absolute Gasteiger partial charge is 0.479 e. The molecule has 0 aliphatic heterocycles. The molecule has 2 aromatic rings. The predicted molar refractivity (Wildman–Crippen MR) is 66.6 cm³/mol. The maximum absolute atomic E-state index is 11.7. The normalized spacial score (nSPS) is 29.9. The van der Waals surface area contributed by atoms with E-state index < -0.39 is 23.7 Å². The molecule has 1 aliphatic carbocycles. The molecule has 2 aromatic heterocycles. The quantitative estimate of drug-likeness (QED) is 0.530. The second-order valence-corrected chi connectivity index (χ2v) is 4.83. The zero-order chi connectivity index (χ0) is 14.5. The first-order valence-electron chi connectivity index (χ1n) is 6.02. The van der Waals surface area contributed by atoms with E-state index in [9.17, 15) is 20.1 Å². The number of nitrogens with zero attached hydrogens (tertiary/aromatic N) is 4. The highest BCUT2D eigenvalue weighted by Crippen LogP contribution is 2.39. The number of anilines is 1. The molecule has 20 heavy (non-hydrogen) atoms. The summed E-state index contributed by atoms with van der Waals surface area (Å²) >= 11 is 0. The molecule has 0 bridgehead atoms. The predicted octanol–water partition coefficient (Wildman–Crippen LogP) is -1.30. The zero-order valence-corrected chi connectivity index (χ0v) is 10.3. The number of nitrogen functional groups attached to an aromatic ring is 1. The van der Waals surface area contributed by atoms with Crippen LogP contribution in [0.3, 0.4) is 0 Å². The highest BCUT2D eigenvalue weighted by atomic mass is 16.4. The van der Waals surface area contributed by atoms with Crippen molar-refractivity contribution in [2.24, 2.45) is 0 Å². The van der Waals surface area contributed by atoms with Crippen molar-refractivity contribution in [1.29, 1.82) is 0 Å². The van der Waals surface area contributed by atoms with Gasteiger partial charge in [-0.1, -0.05) is 0 Å². The molecule has 106 valence electrons. The van der Waals surface area contributed by atoms with Gasteiger partial charge in [-0.25, -0.2) is 19.7 Å². The Kier molecular flexibility index (Phi) is 2.63. The van der Waals surface area contributed by atoms with Crippen molar-refractivity contribution in [3.8, 4) is 0 Å². The lowest BCUT2D eigenvalue weighted by molar-refractivity contribution is -0.154. The summed E-state index contributed by atoms with van der Waals surface area (Å²) < 4.78 is 1.25. The highest BCUT2D eigenvalue weighted by Gasteiger charge is 2.55. The van der Waals surface area contributed by atoms with Crippen LogP contribution < -0.4 is 5.73 Å². The van der Waals surface area contributed by atoms with Crippen molar-refractivity contribution in [1.82, 2.24) is 19.5 Å². The van der Waals surface area contributed by atoms with Crippen molar-refractivity contribution in [3.63, 3.8) is 0 Å². The Morgan fingerprint density at radius 3 is 2.75 bits per heavy atom. The standard InChI is InChI=1S/C11H13N5O4/c12-8-6-9(14-3-13-8)16(4-15-6)11(10(19)20)2-1-5(17)7(11)18/h3-5,7,17-18H,1-2H2,(H,19,20)(H2,12,13,14). The van der Waals surface area contributed by atoms with E-state index in [0.717, 1.165) is 0 Å². The lowest BCUT2D eigenvalue weighted by atomic mass is 9.94. The number of aliphatic hydroxyl groups excluding tert-OH is 2. The van der Waals surface area contributed by atoms with Crippen LogP contribution in [0, 0.1) is 0 Å². The summed E-state index contributed by atoms with van der Waals surface area (Å²) in [7, 11) is 0. The van der Waals surface area contributed by atoms with E-state index in [1.807, 2.05) is 0 Å². The Labute approximate surface area is 112 Å². The second kappa shape index (κ2) is 4.12. The number of carboxylic acids is 1. The van der Waals surface area contributed by atoms with Gasteiger partial charge in [-0.05, 0) is 12.8 Å². The Bertz CT molecular complexity index is 687. The van der Waals surface area contributed by atoms with Gasteiger partial charge in [0, 0.05) is 0 Å². The van der Waals surface area contributed by atoms with Gasteiger partial charge in [0.2, 0.25) is 0 Å². The van der Waals surface area contributed by atoms with Crippen molar-refractivity contribution in [3.05, 3.63) is 12.7 Å². The van der Waals surface area contributed by atoms with Crippen molar-refractivity contribution in [2.45, 2.75) is 30.6 Å². The topological polar surface area (TPSA) is 147 Å². The van der Waals surface area contributed by atoms with Gasteiger partial charge in [-0.15, -0.1) is 0 Å². The first kappa shape index (κ1) is 12.8. The minimum atomic E-state index is -1.70. The number of carbonyl (C=O) groups is 1. The minimum Gasteiger partial charge on any atom is -0.479 e. The third kappa shape index (κ3) is 1.44. The van der Waals surface area contributed by atoms with Crippen LogP contribution >= 0.6 is 0 Å². The SMILES string of the molecule is Nc1ncnc2c1ncn2C1(C(=O)O)CCC(O)C1O. The van der Waals surface area contributed by atoms with Gasteiger partial charge < -0.3 is 21.1 Å². The average Bonchev–Trinajstić information content (AvgIpc) is 2.95. The summed E-state index contributed by atoms with van der Waals surface area (Å²) in [4.78, 5) is 23.5. The Balaban J connectivity index is 2.27. The van der Waals surface area contributed by atoms with E-state index in [4.69, 9.17) is 5.73 Å². The van der Waals surface area contributed by atoms with Gasteiger partial charge in [0.25, 0.3) is 0 Å². The molecule has 0 radical (unpaired) electrons. The maximum Gasteiger partial charge on any atom is 0.332 e. The van der Waals surface area contributed by atoms with Crippen LogP contribution in [0.15, 0.2) is 12.7 Å².